The lowest BCUT2D eigenvalue weighted by Crippen LogP contribution is -2.54. The molecular weight excluding hydrogens is 388 g/mol. The Morgan fingerprint density at radius 3 is 2.14 bits per heavy atom. The van der Waals surface area contributed by atoms with Gasteiger partial charge in [0.1, 0.15) is 0 Å². The summed E-state index contributed by atoms with van der Waals surface area (Å²) >= 11 is 0. The van der Waals surface area contributed by atoms with E-state index >= 15 is 0 Å². The first-order valence-electron chi connectivity index (χ1n) is 12.4. The van der Waals surface area contributed by atoms with E-state index in [1.165, 1.54) is 44.9 Å². The molecule has 29 heavy (non-hydrogen) atoms. The number of rotatable bonds is 4. The molecule has 4 aliphatic rings. The Labute approximate surface area is 182 Å². The quantitative estimate of drug-likeness (QED) is 0.343. The largest absolute Gasteiger partial charge is 0.414 e. The fraction of sp³-hybridized carbons (Fsp3) is 0.920. The molecule has 8 atom stereocenters. The van der Waals surface area contributed by atoms with Crippen LogP contribution in [0.2, 0.25) is 39.3 Å². The smallest absolute Gasteiger partial charge is 0.184 e. The molecule has 3 saturated carbocycles. The molecule has 3 fully saturated rings. The zero-order valence-electron chi connectivity index (χ0n) is 20.4. The van der Waals surface area contributed by atoms with Crippen LogP contribution in [0.1, 0.15) is 58.8 Å². The van der Waals surface area contributed by atoms with Gasteiger partial charge in [-0.1, -0.05) is 26.0 Å². The highest BCUT2D eigenvalue weighted by atomic mass is 28.4. The molecule has 0 N–H and O–H groups in total. The van der Waals surface area contributed by atoms with Crippen molar-refractivity contribution >= 4 is 16.6 Å². The summed E-state index contributed by atoms with van der Waals surface area (Å²) < 4.78 is 13.2. The van der Waals surface area contributed by atoms with Gasteiger partial charge in [-0.15, -0.1) is 0 Å². The van der Waals surface area contributed by atoms with Gasteiger partial charge in [0, 0.05) is 0 Å². The average molecular weight is 435 g/mol. The van der Waals surface area contributed by atoms with Crippen LogP contribution in [0.15, 0.2) is 12.2 Å². The van der Waals surface area contributed by atoms with Crippen LogP contribution < -0.4 is 0 Å². The molecule has 4 rings (SSSR count). The zero-order chi connectivity index (χ0) is 21.2. The highest BCUT2D eigenvalue weighted by molar-refractivity contribution is 6.70. The van der Waals surface area contributed by atoms with Crippen molar-refractivity contribution in [3.63, 3.8) is 0 Å². The van der Waals surface area contributed by atoms with Crippen LogP contribution in [-0.4, -0.2) is 28.8 Å². The van der Waals surface area contributed by atoms with E-state index in [-0.39, 0.29) is 0 Å². The van der Waals surface area contributed by atoms with Gasteiger partial charge in [-0.05, 0) is 119 Å². The van der Waals surface area contributed by atoms with Crippen molar-refractivity contribution in [2.45, 2.75) is 110 Å². The van der Waals surface area contributed by atoms with Crippen molar-refractivity contribution in [2.24, 2.45) is 34.5 Å². The molecule has 2 nitrogen and oxygen atoms in total. The van der Waals surface area contributed by atoms with Gasteiger partial charge in [-0.25, -0.2) is 0 Å². The molecule has 0 aromatic rings. The molecule has 4 aliphatic carbocycles. The summed E-state index contributed by atoms with van der Waals surface area (Å²) in [6.45, 7) is 19.3. The fourth-order valence-corrected chi connectivity index (χ4v) is 10.2. The van der Waals surface area contributed by atoms with Gasteiger partial charge in [-0.2, -0.15) is 0 Å². The topological polar surface area (TPSA) is 18.5 Å². The molecule has 0 radical (unpaired) electrons. The lowest BCUT2D eigenvalue weighted by Gasteiger charge is -2.59. The fourth-order valence-electron chi connectivity index (χ4n) is 7.89. The molecule has 0 aromatic carbocycles. The van der Waals surface area contributed by atoms with Crippen molar-refractivity contribution in [2.75, 3.05) is 0 Å². The minimum Gasteiger partial charge on any atom is -0.414 e. The number of hydrogen-bond donors (Lipinski definition) is 0. The van der Waals surface area contributed by atoms with E-state index in [1.807, 2.05) is 0 Å². The van der Waals surface area contributed by atoms with Crippen LogP contribution in [-0.2, 0) is 8.85 Å². The maximum Gasteiger partial charge on any atom is 0.184 e. The van der Waals surface area contributed by atoms with Crippen molar-refractivity contribution in [1.82, 2.24) is 0 Å². The van der Waals surface area contributed by atoms with Crippen LogP contribution in [0.25, 0.3) is 0 Å². The molecular formula is C25H46O2Si2. The van der Waals surface area contributed by atoms with Crippen LogP contribution in [0.5, 0.6) is 0 Å². The van der Waals surface area contributed by atoms with Gasteiger partial charge in [0.15, 0.2) is 16.6 Å². The predicted molar refractivity (Wildman–Crippen MR) is 128 cm³/mol. The first kappa shape index (κ1) is 22.3. The summed E-state index contributed by atoms with van der Waals surface area (Å²) in [5, 5.41) is 0. The van der Waals surface area contributed by atoms with E-state index in [0.717, 1.165) is 23.7 Å². The second-order valence-corrected chi connectivity index (χ2v) is 22.1. The van der Waals surface area contributed by atoms with Gasteiger partial charge in [0.25, 0.3) is 0 Å². The van der Waals surface area contributed by atoms with Gasteiger partial charge < -0.3 is 8.85 Å². The Hall–Kier alpha value is 0.0938. The first-order valence-corrected chi connectivity index (χ1v) is 19.2. The normalized spacial score (nSPS) is 47.4. The van der Waals surface area contributed by atoms with Gasteiger partial charge in [0.05, 0.1) is 12.2 Å². The molecule has 0 heterocycles. The van der Waals surface area contributed by atoms with Crippen LogP contribution >= 0.6 is 0 Å². The maximum absolute atomic E-state index is 6.76. The van der Waals surface area contributed by atoms with E-state index in [9.17, 15) is 0 Å². The third-order valence-electron chi connectivity index (χ3n) is 9.06. The Morgan fingerprint density at radius 2 is 1.48 bits per heavy atom. The summed E-state index contributed by atoms with van der Waals surface area (Å²) in [4.78, 5) is 0. The zero-order valence-corrected chi connectivity index (χ0v) is 22.4. The molecule has 0 aromatic heterocycles. The maximum atomic E-state index is 6.76. The van der Waals surface area contributed by atoms with Gasteiger partial charge in [-0.3, -0.25) is 0 Å². The molecule has 0 saturated heterocycles. The van der Waals surface area contributed by atoms with Crippen LogP contribution in [0.4, 0.5) is 0 Å². The van der Waals surface area contributed by atoms with Crippen molar-refractivity contribution in [3.8, 4) is 0 Å². The monoisotopic (exact) mass is 434 g/mol. The summed E-state index contributed by atoms with van der Waals surface area (Å²) in [7, 11) is -2.96. The third-order valence-corrected chi connectivity index (χ3v) is 11.1. The minimum absolute atomic E-state index is 0.367. The Balaban J connectivity index is 1.53. The number of hydrogen-bond acceptors (Lipinski definition) is 2. The summed E-state index contributed by atoms with van der Waals surface area (Å²) in [6.07, 6.45) is 15.5. The molecule has 166 valence electrons. The number of fused-ring (bicyclic) bond motifs is 5. The molecule has 0 spiro atoms. The first-order chi connectivity index (χ1) is 13.3. The molecule has 4 heteroatoms. The average Bonchev–Trinajstić information content (AvgIpc) is 2.89. The molecule has 0 aliphatic heterocycles. The van der Waals surface area contributed by atoms with E-state index in [4.69, 9.17) is 8.85 Å². The summed E-state index contributed by atoms with van der Waals surface area (Å²) in [5.74, 6) is 3.47. The summed E-state index contributed by atoms with van der Waals surface area (Å²) in [6, 6.07) is 0. The highest BCUT2D eigenvalue weighted by Gasteiger charge is 2.60. The lowest BCUT2D eigenvalue weighted by atomic mass is 9.46. The van der Waals surface area contributed by atoms with E-state index in [1.54, 1.807) is 0 Å². The SMILES string of the molecule is C[C@]12CCC3C(CC[C@@H]4C[C@@H](O[Si](C)(C)C)C=C[C@]34C)C1CC[C@H]2O[Si](C)(C)C. The van der Waals surface area contributed by atoms with Gasteiger partial charge >= 0.3 is 0 Å². The van der Waals surface area contributed by atoms with E-state index in [2.05, 4.69) is 65.3 Å². The standard InChI is InChI=1S/C25H46O2Si2/c1-24-15-13-19(26-28(3,4)5)17-18(24)9-10-20-21-11-12-23(27-29(6,7)8)25(21,2)16-14-22(20)24/h13,15,18-23H,9-12,14,16-17H2,1-8H3/t18-,19+,20?,21?,22?,23-,24+,25+/m1/s1. The Bertz CT molecular complexity index is 648. The Morgan fingerprint density at radius 1 is 0.793 bits per heavy atom. The van der Waals surface area contributed by atoms with Crippen LogP contribution in [0.3, 0.4) is 0 Å². The van der Waals surface area contributed by atoms with Crippen molar-refractivity contribution in [1.29, 1.82) is 0 Å². The second kappa shape index (κ2) is 7.32. The molecule has 0 bridgehead atoms. The summed E-state index contributed by atoms with van der Waals surface area (Å²) in [5.41, 5.74) is 0.813. The third kappa shape index (κ3) is 4.13. The lowest BCUT2D eigenvalue weighted by molar-refractivity contribution is -0.0958. The van der Waals surface area contributed by atoms with E-state index in [0.29, 0.717) is 23.0 Å². The van der Waals surface area contributed by atoms with E-state index < -0.39 is 16.6 Å². The number of allylic oxidation sites excluding steroid dienone is 1. The molecule has 3 unspecified atom stereocenters. The van der Waals surface area contributed by atoms with Crippen LogP contribution in [0, 0.1) is 34.5 Å². The Kier molecular flexibility index (Phi) is 5.62. The minimum atomic E-state index is -1.48. The van der Waals surface area contributed by atoms with Crippen molar-refractivity contribution < 1.29 is 8.85 Å². The van der Waals surface area contributed by atoms with Gasteiger partial charge in [0.2, 0.25) is 0 Å². The predicted octanol–water partition coefficient (Wildman–Crippen LogP) is 7.25. The molecule has 0 amide bonds. The highest BCUT2D eigenvalue weighted by Crippen LogP contribution is 2.65. The van der Waals surface area contributed by atoms with Crippen molar-refractivity contribution in [3.05, 3.63) is 12.2 Å². The second-order valence-electron chi connectivity index (χ2n) is 13.2.